The molecule has 0 fully saturated rings. The van der Waals surface area contributed by atoms with Crippen LogP contribution in [0.5, 0.6) is 5.75 Å². The van der Waals surface area contributed by atoms with Crippen molar-refractivity contribution in [3.63, 3.8) is 0 Å². The molecule has 0 aromatic heterocycles. The van der Waals surface area contributed by atoms with Crippen molar-refractivity contribution in [1.82, 2.24) is 5.32 Å². The zero-order valence-electron chi connectivity index (χ0n) is 8.88. The molecule has 0 heterocycles. The Morgan fingerprint density at radius 1 is 1.56 bits per heavy atom. The number of aromatic hydroxyl groups is 1. The zero-order chi connectivity index (χ0) is 12.0. The average Bonchev–Trinajstić information content (AvgIpc) is 2.27. The number of phenols is 1. The van der Waals surface area contributed by atoms with Crippen molar-refractivity contribution in [3.05, 3.63) is 27.3 Å². The Morgan fingerprint density at radius 3 is 3.00 bits per heavy atom. The molecule has 1 aromatic carbocycles. The van der Waals surface area contributed by atoms with Gasteiger partial charge in [0.15, 0.2) is 0 Å². The molecule has 2 N–H and O–H groups in total. The van der Waals surface area contributed by atoms with Gasteiger partial charge < -0.3 is 10.4 Å². The molecule has 0 aliphatic heterocycles. The van der Waals surface area contributed by atoms with E-state index in [1.165, 1.54) is 6.07 Å². The lowest BCUT2D eigenvalue weighted by atomic mass is 10.2. The lowest BCUT2D eigenvalue weighted by Gasteiger charge is -2.05. The number of amides is 1. The molecule has 0 spiro atoms. The van der Waals surface area contributed by atoms with Crippen molar-refractivity contribution >= 4 is 28.5 Å². The monoisotopic (exact) mass is 329 g/mol. The Hall–Kier alpha value is -1.22. The van der Waals surface area contributed by atoms with Crippen LogP contribution < -0.4 is 5.32 Å². The van der Waals surface area contributed by atoms with Gasteiger partial charge in [-0.25, -0.2) is 0 Å². The van der Waals surface area contributed by atoms with Gasteiger partial charge in [0, 0.05) is 16.5 Å². The number of benzene rings is 1. The molecule has 4 heteroatoms. The normalized spacial score (nSPS) is 9.12. The molecule has 0 bridgehead atoms. The van der Waals surface area contributed by atoms with E-state index in [1.54, 1.807) is 19.1 Å². The van der Waals surface area contributed by atoms with E-state index in [0.717, 1.165) is 3.57 Å². The van der Waals surface area contributed by atoms with E-state index in [9.17, 15) is 9.90 Å². The fourth-order valence-electron chi connectivity index (χ4n) is 1.15. The second-order valence-electron chi connectivity index (χ2n) is 3.09. The highest BCUT2D eigenvalue weighted by Crippen LogP contribution is 2.19. The van der Waals surface area contributed by atoms with Crippen LogP contribution in [0.15, 0.2) is 18.2 Å². The fraction of sp³-hybridized carbons (Fsp3) is 0.250. The van der Waals surface area contributed by atoms with Gasteiger partial charge in [-0.1, -0.05) is 0 Å². The van der Waals surface area contributed by atoms with Crippen LogP contribution >= 0.6 is 22.6 Å². The molecule has 84 valence electrons. The second kappa shape index (κ2) is 6.38. The molecule has 0 atom stereocenters. The third-order valence-corrected chi connectivity index (χ3v) is 2.59. The molecule has 1 aromatic rings. The van der Waals surface area contributed by atoms with Crippen LogP contribution in [0.4, 0.5) is 0 Å². The number of carbonyl (C=O) groups is 1. The maximum atomic E-state index is 11.7. The van der Waals surface area contributed by atoms with E-state index in [4.69, 9.17) is 0 Å². The van der Waals surface area contributed by atoms with Crippen LogP contribution in [0.3, 0.4) is 0 Å². The first-order valence-electron chi connectivity index (χ1n) is 4.81. The first kappa shape index (κ1) is 12.8. The number of carbonyl (C=O) groups excluding carboxylic acids is 1. The zero-order valence-corrected chi connectivity index (χ0v) is 11.0. The van der Waals surface area contributed by atoms with Gasteiger partial charge in [-0.05, 0) is 47.7 Å². The lowest BCUT2D eigenvalue weighted by Crippen LogP contribution is -2.24. The van der Waals surface area contributed by atoms with Gasteiger partial charge in [-0.3, -0.25) is 4.79 Å². The molecule has 16 heavy (non-hydrogen) atoms. The Balaban J connectivity index is 2.64. The van der Waals surface area contributed by atoms with Crippen LogP contribution in [0.25, 0.3) is 0 Å². The molecule has 3 nitrogen and oxygen atoms in total. The average molecular weight is 329 g/mol. The summed E-state index contributed by atoms with van der Waals surface area (Å²) in [5, 5.41) is 12.2. The maximum absolute atomic E-state index is 11.7. The molecule has 0 saturated heterocycles. The summed E-state index contributed by atoms with van der Waals surface area (Å²) in [5.74, 6) is 5.33. The summed E-state index contributed by atoms with van der Waals surface area (Å²) in [6.07, 6.45) is 0.618. The van der Waals surface area contributed by atoms with E-state index in [2.05, 4.69) is 39.7 Å². The first-order valence-corrected chi connectivity index (χ1v) is 5.89. The van der Waals surface area contributed by atoms with Gasteiger partial charge in [0.2, 0.25) is 0 Å². The minimum absolute atomic E-state index is 0.000471. The number of nitrogens with one attached hydrogen (secondary N) is 1. The number of phenolic OH excluding ortho intramolecular Hbond substituents is 1. The van der Waals surface area contributed by atoms with Crippen LogP contribution in [0, 0.1) is 15.4 Å². The highest BCUT2D eigenvalue weighted by Gasteiger charge is 2.10. The predicted octanol–water partition coefficient (Wildman–Crippen LogP) is 2.14. The molecular weight excluding hydrogens is 317 g/mol. The molecule has 0 radical (unpaired) electrons. The van der Waals surface area contributed by atoms with Gasteiger partial charge in [0.25, 0.3) is 5.91 Å². The summed E-state index contributed by atoms with van der Waals surface area (Å²) in [6.45, 7) is 2.25. The van der Waals surface area contributed by atoms with Crippen molar-refractivity contribution in [2.75, 3.05) is 6.54 Å². The Morgan fingerprint density at radius 2 is 2.31 bits per heavy atom. The third kappa shape index (κ3) is 3.74. The number of hydrogen-bond acceptors (Lipinski definition) is 2. The molecule has 0 unspecified atom stereocenters. The van der Waals surface area contributed by atoms with E-state index in [-0.39, 0.29) is 11.7 Å². The van der Waals surface area contributed by atoms with E-state index in [0.29, 0.717) is 18.5 Å². The van der Waals surface area contributed by atoms with E-state index in [1.807, 2.05) is 0 Å². The predicted molar refractivity (Wildman–Crippen MR) is 71.2 cm³/mol. The first-order chi connectivity index (χ1) is 7.65. The Labute approximate surface area is 108 Å². The highest BCUT2D eigenvalue weighted by atomic mass is 127. The summed E-state index contributed by atoms with van der Waals surface area (Å²) in [6, 6.07) is 4.91. The smallest absolute Gasteiger partial charge is 0.255 e. The topological polar surface area (TPSA) is 49.3 Å². The minimum Gasteiger partial charge on any atom is -0.507 e. The molecule has 1 amide bonds. The van der Waals surface area contributed by atoms with Gasteiger partial charge in [-0.15, -0.1) is 11.8 Å². The lowest BCUT2D eigenvalue weighted by molar-refractivity contribution is 0.0952. The third-order valence-electron chi connectivity index (χ3n) is 1.92. The van der Waals surface area contributed by atoms with Crippen LogP contribution in [-0.2, 0) is 0 Å². The fourth-order valence-corrected chi connectivity index (χ4v) is 1.64. The van der Waals surface area contributed by atoms with Gasteiger partial charge in [-0.2, -0.15) is 0 Å². The minimum atomic E-state index is -0.270. The van der Waals surface area contributed by atoms with Gasteiger partial charge in [0.1, 0.15) is 5.75 Å². The second-order valence-corrected chi connectivity index (χ2v) is 4.34. The summed E-state index contributed by atoms with van der Waals surface area (Å²) >= 11 is 2.09. The maximum Gasteiger partial charge on any atom is 0.255 e. The Bertz CT molecular complexity index is 446. The van der Waals surface area contributed by atoms with Crippen LogP contribution in [0.2, 0.25) is 0 Å². The highest BCUT2D eigenvalue weighted by molar-refractivity contribution is 14.1. The van der Waals surface area contributed by atoms with Crippen LogP contribution in [0.1, 0.15) is 23.7 Å². The van der Waals surface area contributed by atoms with E-state index >= 15 is 0 Å². The summed E-state index contributed by atoms with van der Waals surface area (Å²) < 4.78 is 0.911. The number of halogens is 1. The molecular formula is C12H12INO2. The summed E-state index contributed by atoms with van der Waals surface area (Å²) in [4.78, 5) is 11.7. The standard InChI is InChI=1S/C12H12INO2/c1-2-3-4-7-14-12(16)10-8-9(13)5-6-11(10)15/h5-6,8,15H,4,7H2,1H3,(H,14,16). The quantitative estimate of drug-likeness (QED) is 0.507. The SMILES string of the molecule is CC#CCCNC(=O)c1cc(I)ccc1O. The Kier molecular flexibility index (Phi) is 5.12. The van der Waals surface area contributed by atoms with Crippen molar-refractivity contribution < 1.29 is 9.90 Å². The van der Waals surface area contributed by atoms with E-state index < -0.39 is 0 Å². The molecule has 1 rings (SSSR count). The van der Waals surface area contributed by atoms with Crippen molar-refractivity contribution in [1.29, 1.82) is 0 Å². The van der Waals surface area contributed by atoms with Crippen molar-refractivity contribution in [2.24, 2.45) is 0 Å². The van der Waals surface area contributed by atoms with Gasteiger partial charge >= 0.3 is 0 Å². The van der Waals surface area contributed by atoms with Crippen molar-refractivity contribution in [2.45, 2.75) is 13.3 Å². The number of hydrogen-bond donors (Lipinski definition) is 2. The number of rotatable bonds is 3. The largest absolute Gasteiger partial charge is 0.507 e. The van der Waals surface area contributed by atoms with Crippen molar-refractivity contribution in [3.8, 4) is 17.6 Å². The summed E-state index contributed by atoms with van der Waals surface area (Å²) in [5.41, 5.74) is 0.302. The summed E-state index contributed by atoms with van der Waals surface area (Å²) in [7, 11) is 0. The molecule has 0 saturated carbocycles. The molecule has 0 aliphatic rings. The van der Waals surface area contributed by atoms with Crippen LogP contribution in [-0.4, -0.2) is 17.6 Å². The molecule has 0 aliphatic carbocycles. The van der Waals surface area contributed by atoms with Gasteiger partial charge in [0.05, 0.1) is 5.56 Å².